The van der Waals surface area contributed by atoms with Gasteiger partial charge in [0.25, 0.3) is 0 Å². The van der Waals surface area contributed by atoms with Crippen LogP contribution in [0.15, 0.2) is 27.6 Å². The van der Waals surface area contributed by atoms with Crippen molar-refractivity contribution in [3.63, 3.8) is 0 Å². The normalized spacial score (nSPS) is 25.2. The third-order valence-electron chi connectivity index (χ3n) is 4.14. The zero-order valence-electron chi connectivity index (χ0n) is 12.1. The second kappa shape index (κ2) is 5.40. The van der Waals surface area contributed by atoms with E-state index >= 15 is 0 Å². The maximum Gasteiger partial charge on any atom is 0.241 e. The molecule has 1 N–H and O–H groups in total. The van der Waals surface area contributed by atoms with Crippen molar-refractivity contribution in [2.24, 2.45) is 5.41 Å². The van der Waals surface area contributed by atoms with Crippen LogP contribution in [0.4, 0.5) is 0 Å². The summed E-state index contributed by atoms with van der Waals surface area (Å²) < 4.78 is 33.7. The number of halogens is 1. The van der Waals surface area contributed by atoms with Crippen molar-refractivity contribution in [1.82, 2.24) is 4.72 Å². The summed E-state index contributed by atoms with van der Waals surface area (Å²) in [5, 5.41) is 0. The number of hydrogen-bond donors (Lipinski definition) is 1. The second-order valence-electron chi connectivity index (χ2n) is 5.89. The lowest BCUT2D eigenvalue weighted by Crippen LogP contribution is -2.61. The predicted molar refractivity (Wildman–Crippen MR) is 82.2 cm³/mol. The molecule has 0 radical (unpaired) electrons. The number of benzene rings is 1. The maximum absolute atomic E-state index is 12.5. The van der Waals surface area contributed by atoms with E-state index in [0.29, 0.717) is 10.9 Å². The molecule has 0 heterocycles. The Hall–Kier alpha value is -0.430. The first-order valence-electron chi connectivity index (χ1n) is 6.50. The van der Waals surface area contributed by atoms with E-state index < -0.39 is 10.0 Å². The molecule has 0 saturated heterocycles. The SMILES string of the molecule is COC1CC(NS(=O)(=O)c2ccc(C)cc2Br)C1(C)C. The van der Waals surface area contributed by atoms with Gasteiger partial charge in [0.05, 0.1) is 11.0 Å². The first-order valence-corrected chi connectivity index (χ1v) is 8.77. The minimum atomic E-state index is -3.52. The van der Waals surface area contributed by atoms with E-state index in [1.165, 1.54) is 0 Å². The molecular formula is C14H20BrNO3S. The molecule has 4 nitrogen and oxygen atoms in total. The first-order chi connectivity index (χ1) is 9.18. The van der Waals surface area contributed by atoms with Crippen LogP contribution in [-0.2, 0) is 14.8 Å². The van der Waals surface area contributed by atoms with Gasteiger partial charge >= 0.3 is 0 Å². The number of aryl methyl sites for hydroxylation is 1. The van der Waals surface area contributed by atoms with Gasteiger partial charge in [-0.3, -0.25) is 0 Å². The Bertz CT molecular complexity index is 613. The number of rotatable bonds is 4. The molecule has 1 aromatic rings. The van der Waals surface area contributed by atoms with Gasteiger partial charge in [-0.2, -0.15) is 0 Å². The van der Waals surface area contributed by atoms with E-state index in [0.717, 1.165) is 5.56 Å². The Morgan fingerprint density at radius 2 is 2.05 bits per heavy atom. The average Bonchev–Trinajstić information content (AvgIpc) is 2.33. The van der Waals surface area contributed by atoms with Gasteiger partial charge in [0.15, 0.2) is 0 Å². The highest BCUT2D eigenvalue weighted by atomic mass is 79.9. The van der Waals surface area contributed by atoms with E-state index in [2.05, 4.69) is 20.7 Å². The van der Waals surface area contributed by atoms with Crippen molar-refractivity contribution in [3.05, 3.63) is 28.2 Å². The van der Waals surface area contributed by atoms with Gasteiger partial charge in [-0.25, -0.2) is 13.1 Å². The average molecular weight is 362 g/mol. The van der Waals surface area contributed by atoms with E-state index in [9.17, 15) is 8.42 Å². The van der Waals surface area contributed by atoms with E-state index in [1.807, 2.05) is 20.8 Å². The highest BCUT2D eigenvalue weighted by molar-refractivity contribution is 9.10. The summed E-state index contributed by atoms with van der Waals surface area (Å²) in [6.45, 7) is 5.96. The van der Waals surface area contributed by atoms with Crippen LogP contribution < -0.4 is 4.72 Å². The van der Waals surface area contributed by atoms with Gasteiger partial charge in [0.1, 0.15) is 0 Å². The Kier molecular flexibility index (Phi) is 4.31. The van der Waals surface area contributed by atoms with Gasteiger partial charge in [-0.15, -0.1) is 0 Å². The zero-order valence-corrected chi connectivity index (χ0v) is 14.5. The molecule has 6 heteroatoms. The molecule has 1 aliphatic carbocycles. The standard InChI is InChI=1S/C14H20BrNO3S/c1-9-5-6-11(10(15)7-9)20(17,18)16-12-8-13(19-4)14(12,2)3/h5-7,12-13,16H,8H2,1-4H3. The van der Waals surface area contributed by atoms with Crippen LogP contribution in [0.1, 0.15) is 25.8 Å². The van der Waals surface area contributed by atoms with Gasteiger partial charge < -0.3 is 4.74 Å². The van der Waals surface area contributed by atoms with Crippen LogP contribution >= 0.6 is 15.9 Å². The molecule has 0 aromatic heterocycles. The third-order valence-corrected chi connectivity index (χ3v) is 6.58. The van der Waals surface area contributed by atoms with Crippen molar-refractivity contribution in [2.75, 3.05) is 7.11 Å². The second-order valence-corrected chi connectivity index (χ2v) is 8.43. The summed E-state index contributed by atoms with van der Waals surface area (Å²) in [5.74, 6) is 0. The topological polar surface area (TPSA) is 55.4 Å². The monoisotopic (exact) mass is 361 g/mol. The number of nitrogens with one attached hydrogen (secondary N) is 1. The summed E-state index contributed by atoms with van der Waals surface area (Å²) in [6, 6.07) is 5.12. The smallest absolute Gasteiger partial charge is 0.241 e. The van der Waals surface area contributed by atoms with Crippen molar-refractivity contribution >= 4 is 26.0 Å². The highest BCUT2D eigenvalue weighted by Crippen LogP contribution is 2.43. The molecule has 1 aromatic carbocycles. The van der Waals surface area contributed by atoms with Crippen LogP contribution in [0.2, 0.25) is 0 Å². The Morgan fingerprint density at radius 1 is 1.40 bits per heavy atom. The maximum atomic E-state index is 12.5. The third kappa shape index (κ3) is 2.79. The fraction of sp³-hybridized carbons (Fsp3) is 0.571. The van der Waals surface area contributed by atoms with E-state index in [4.69, 9.17) is 4.74 Å². The fourth-order valence-electron chi connectivity index (χ4n) is 2.56. The quantitative estimate of drug-likeness (QED) is 0.896. The van der Waals surface area contributed by atoms with Gasteiger partial charge in [0, 0.05) is 23.0 Å². The Balaban J connectivity index is 2.21. The largest absolute Gasteiger partial charge is 0.381 e. The summed E-state index contributed by atoms with van der Waals surface area (Å²) in [7, 11) is -1.86. The summed E-state index contributed by atoms with van der Waals surface area (Å²) in [6.07, 6.45) is 0.795. The number of sulfonamides is 1. The van der Waals surface area contributed by atoms with Crippen molar-refractivity contribution in [3.8, 4) is 0 Å². The minimum absolute atomic E-state index is 0.0941. The summed E-state index contributed by atoms with van der Waals surface area (Å²) in [5.41, 5.74) is 0.818. The molecule has 1 fully saturated rings. The first kappa shape index (κ1) is 15.9. The molecule has 0 amide bonds. The predicted octanol–water partition coefficient (Wildman–Crippen LogP) is 2.85. The highest BCUT2D eigenvalue weighted by Gasteiger charge is 2.50. The summed E-state index contributed by atoms with van der Waals surface area (Å²) >= 11 is 3.32. The van der Waals surface area contributed by atoms with Crippen LogP contribution in [0.25, 0.3) is 0 Å². The molecule has 1 aliphatic rings. The fourth-order valence-corrected chi connectivity index (χ4v) is 5.16. The minimum Gasteiger partial charge on any atom is -0.381 e. The number of methoxy groups -OCH3 is 1. The van der Waals surface area contributed by atoms with E-state index in [-0.39, 0.29) is 22.5 Å². The molecule has 0 spiro atoms. The zero-order chi connectivity index (χ0) is 15.1. The van der Waals surface area contributed by atoms with Gasteiger partial charge in [-0.05, 0) is 47.0 Å². The van der Waals surface area contributed by atoms with Crippen molar-refractivity contribution in [2.45, 2.75) is 44.2 Å². The lowest BCUT2D eigenvalue weighted by molar-refractivity contribution is -0.0908. The molecule has 0 bridgehead atoms. The molecular weight excluding hydrogens is 342 g/mol. The van der Waals surface area contributed by atoms with Crippen molar-refractivity contribution < 1.29 is 13.2 Å². The lowest BCUT2D eigenvalue weighted by atomic mass is 9.65. The Labute approximate surface area is 129 Å². The van der Waals surface area contributed by atoms with Crippen LogP contribution in [0.3, 0.4) is 0 Å². The number of ether oxygens (including phenoxy) is 1. The van der Waals surface area contributed by atoms with Crippen LogP contribution in [0, 0.1) is 12.3 Å². The molecule has 2 atom stereocenters. The summed E-state index contributed by atoms with van der Waals surface area (Å²) in [4.78, 5) is 0.278. The molecule has 1 saturated carbocycles. The molecule has 20 heavy (non-hydrogen) atoms. The molecule has 2 unspecified atom stereocenters. The van der Waals surface area contributed by atoms with Crippen LogP contribution in [-0.4, -0.2) is 27.7 Å². The van der Waals surface area contributed by atoms with Gasteiger partial charge in [0.2, 0.25) is 10.0 Å². The number of hydrogen-bond acceptors (Lipinski definition) is 3. The molecule has 0 aliphatic heterocycles. The van der Waals surface area contributed by atoms with E-state index in [1.54, 1.807) is 25.3 Å². The van der Waals surface area contributed by atoms with Gasteiger partial charge in [-0.1, -0.05) is 19.9 Å². The van der Waals surface area contributed by atoms with Crippen LogP contribution in [0.5, 0.6) is 0 Å². The molecule has 112 valence electrons. The Morgan fingerprint density at radius 3 is 2.55 bits per heavy atom. The van der Waals surface area contributed by atoms with Crippen molar-refractivity contribution in [1.29, 1.82) is 0 Å². The molecule has 2 rings (SSSR count). The lowest BCUT2D eigenvalue weighted by Gasteiger charge is -2.50.